The van der Waals surface area contributed by atoms with Gasteiger partial charge in [0.2, 0.25) is 0 Å². The van der Waals surface area contributed by atoms with Crippen molar-refractivity contribution in [2.45, 2.75) is 12.8 Å². The van der Waals surface area contributed by atoms with Crippen LogP contribution in [0.2, 0.25) is 0 Å². The quantitative estimate of drug-likeness (QED) is 0.243. The van der Waals surface area contributed by atoms with Crippen molar-refractivity contribution in [2.75, 3.05) is 0 Å². The van der Waals surface area contributed by atoms with E-state index in [9.17, 15) is 0 Å². The molecule has 2 aliphatic rings. The lowest BCUT2D eigenvalue weighted by atomic mass is 9.98. The molecular weight excluding hydrogens is 428 g/mol. The SMILES string of the molecule is c1ccc2c(c1)Cc1cc3c(cc1-2)Cc1c-3ccc2nc3c4cnccc4c4ccncc4n3c12. The summed E-state index contributed by atoms with van der Waals surface area (Å²) in [5, 5.41) is 3.41. The van der Waals surface area contributed by atoms with Gasteiger partial charge in [-0.25, -0.2) is 4.98 Å². The number of pyridine rings is 3. The molecule has 4 heteroatoms. The average Bonchev–Trinajstić information content (AvgIpc) is 3.58. The van der Waals surface area contributed by atoms with Gasteiger partial charge in [0, 0.05) is 35.8 Å². The monoisotopic (exact) mass is 446 g/mol. The molecule has 0 bridgehead atoms. The van der Waals surface area contributed by atoms with Gasteiger partial charge in [-0.15, -0.1) is 0 Å². The number of hydrogen-bond acceptors (Lipinski definition) is 3. The Hall–Kier alpha value is -4.57. The van der Waals surface area contributed by atoms with E-state index in [4.69, 9.17) is 4.98 Å². The first-order valence-electron chi connectivity index (χ1n) is 12.0. The van der Waals surface area contributed by atoms with Crippen molar-refractivity contribution in [1.82, 2.24) is 19.4 Å². The van der Waals surface area contributed by atoms with Crippen molar-refractivity contribution in [1.29, 1.82) is 0 Å². The van der Waals surface area contributed by atoms with Crippen molar-refractivity contribution in [3.05, 3.63) is 108 Å². The predicted molar refractivity (Wildman–Crippen MR) is 140 cm³/mol. The highest BCUT2D eigenvalue weighted by molar-refractivity contribution is 6.14. The fourth-order valence-corrected chi connectivity index (χ4v) is 6.50. The molecule has 4 aromatic heterocycles. The Morgan fingerprint density at radius 2 is 1.43 bits per heavy atom. The van der Waals surface area contributed by atoms with Crippen molar-refractivity contribution in [2.24, 2.45) is 0 Å². The van der Waals surface area contributed by atoms with Gasteiger partial charge in [0.15, 0.2) is 0 Å². The lowest BCUT2D eigenvalue weighted by Gasteiger charge is -2.09. The Morgan fingerprint density at radius 3 is 2.37 bits per heavy atom. The lowest BCUT2D eigenvalue weighted by molar-refractivity contribution is 1.22. The number of nitrogens with zero attached hydrogens (tertiary/aromatic N) is 4. The van der Waals surface area contributed by atoms with E-state index in [1.807, 2.05) is 24.8 Å². The normalized spacial score (nSPS) is 13.5. The third kappa shape index (κ3) is 2.15. The third-order valence-corrected chi connectivity index (χ3v) is 7.99. The Bertz CT molecular complexity index is 2070. The van der Waals surface area contributed by atoms with Crippen LogP contribution in [-0.4, -0.2) is 19.4 Å². The van der Waals surface area contributed by atoms with Crippen molar-refractivity contribution in [3.63, 3.8) is 0 Å². The Kier molecular flexibility index (Phi) is 3.11. The minimum absolute atomic E-state index is 0.915. The summed E-state index contributed by atoms with van der Waals surface area (Å²) in [6.07, 6.45) is 9.56. The highest BCUT2D eigenvalue weighted by Gasteiger charge is 2.28. The van der Waals surface area contributed by atoms with E-state index in [0.29, 0.717) is 0 Å². The van der Waals surface area contributed by atoms with Gasteiger partial charge in [0.1, 0.15) is 5.65 Å². The molecule has 0 unspecified atom stereocenters. The van der Waals surface area contributed by atoms with Gasteiger partial charge in [-0.3, -0.25) is 14.4 Å². The highest BCUT2D eigenvalue weighted by Crippen LogP contribution is 2.47. The van der Waals surface area contributed by atoms with Gasteiger partial charge in [-0.05, 0) is 86.6 Å². The molecule has 0 saturated heterocycles. The molecular formula is C31H18N4. The topological polar surface area (TPSA) is 43.1 Å². The van der Waals surface area contributed by atoms with E-state index < -0.39 is 0 Å². The fraction of sp³-hybridized carbons (Fsp3) is 0.0645. The fourth-order valence-electron chi connectivity index (χ4n) is 6.50. The van der Waals surface area contributed by atoms with Gasteiger partial charge in [-0.2, -0.15) is 0 Å². The van der Waals surface area contributed by atoms with Crippen LogP contribution in [0.3, 0.4) is 0 Å². The second-order valence-electron chi connectivity index (χ2n) is 9.72. The van der Waals surface area contributed by atoms with Crippen LogP contribution in [-0.2, 0) is 12.8 Å². The van der Waals surface area contributed by atoms with Gasteiger partial charge >= 0.3 is 0 Å². The Labute approximate surface area is 200 Å². The Balaban J connectivity index is 1.38. The minimum atomic E-state index is 0.915. The number of benzene rings is 3. The first-order chi connectivity index (χ1) is 17.3. The third-order valence-electron chi connectivity index (χ3n) is 7.99. The zero-order chi connectivity index (χ0) is 22.7. The molecule has 4 heterocycles. The summed E-state index contributed by atoms with van der Waals surface area (Å²) in [5.74, 6) is 0. The summed E-state index contributed by atoms with van der Waals surface area (Å²) in [6.45, 7) is 0. The maximum absolute atomic E-state index is 5.12. The summed E-state index contributed by atoms with van der Waals surface area (Å²) in [7, 11) is 0. The molecule has 0 spiro atoms. The molecule has 35 heavy (non-hydrogen) atoms. The van der Waals surface area contributed by atoms with E-state index >= 15 is 0 Å². The molecule has 4 nitrogen and oxygen atoms in total. The average molecular weight is 447 g/mol. The van der Waals surface area contributed by atoms with E-state index in [2.05, 4.69) is 75.0 Å². The van der Waals surface area contributed by atoms with Gasteiger partial charge in [0.05, 0.1) is 22.7 Å². The molecule has 0 radical (unpaired) electrons. The first-order valence-corrected chi connectivity index (χ1v) is 12.0. The van der Waals surface area contributed by atoms with Crippen LogP contribution in [0.4, 0.5) is 0 Å². The molecule has 0 aliphatic heterocycles. The van der Waals surface area contributed by atoms with Crippen LogP contribution in [0, 0.1) is 0 Å². The van der Waals surface area contributed by atoms with Crippen molar-refractivity contribution in [3.8, 4) is 22.3 Å². The van der Waals surface area contributed by atoms with Crippen molar-refractivity contribution >= 4 is 38.4 Å². The molecule has 0 saturated carbocycles. The molecule has 0 amide bonds. The minimum Gasteiger partial charge on any atom is -0.290 e. The van der Waals surface area contributed by atoms with Crippen molar-refractivity contribution < 1.29 is 0 Å². The van der Waals surface area contributed by atoms with Crippen LogP contribution < -0.4 is 0 Å². The molecule has 2 aliphatic carbocycles. The van der Waals surface area contributed by atoms with E-state index in [1.54, 1.807) is 0 Å². The summed E-state index contributed by atoms with van der Waals surface area (Å²) in [4.78, 5) is 14.0. The second-order valence-corrected chi connectivity index (χ2v) is 9.72. The largest absolute Gasteiger partial charge is 0.290 e. The molecule has 0 fully saturated rings. The number of hydrogen-bond donors (Lipinski definition) is 0. The van der Waals surface area contributed by atoms with Gasteiger partial charge < -0.3 is 0 Å². The van der Waals surface area contributed by atoms with Crippen LogP contribution in [0.15, 0.2) is 85.5 Å². The molecule has 0 atom stereocenters. The van der Waals surface area contributed by atoms with Crippen LogP contribution >= 0.6 is 0 Å². The van der Waals surface area contributed by atoms with E-state index in [-0.39, 0.29) is 0 Å². The molecule has 0 N–H and O–H groups in total. The second kappa shape index (κ2) is 6.10. The van der Waals surface area contributed by atoms with Crippen LogP contribution in [0.25, 0.3) is 60.6 Å². The number of rotatable bonds is 0. The zero-order valence-corrected chi connectivity index (χ0v) is 18.8. The Morgan fingerprint density at radius 1 is 0.629 bits per heavy atom. The molecule has 7 aromatic rings. The van der Waals surface area contributed by atoms with Gasteiger partial charge in [-0.1, -0.05) is 30.3 Å². The molecule has 3 aromatic carbocycles. The first kappa shape index (κ1) is 17.8. The maximum Gasteiger partial charge on any atom is 0.148 e. The van der Waals surface area contributed by atoms with Crippen LogP contribution in [0.5, 0.6) is 0 Å². The molecule has 162 valence electrons. The predicted octanol–water partition coefficient (Wildman–Crippen LogP) is 6.73. The standard InChI is InChI=1S/C31H18N4/c1-2-4-20-17(3-1)11-18-12-25-19(13-24(18)20)14-26-21(25)5-6-28-30(26)35-29-16-33-10-8-23(29)22-7-9-32-15-27(22)31(35)34-28/h1-10,12-13,15-16H,11,14H2. The van der Waals surface area contributed by atoms with Crippen LogP contribution in [0.1, 0.15) is 22.3 Å². The summed E-state index contributed by atoms with van der Waals surface area (Å²) >= 11 is 0. The number of imidazole rings is 1. The summed E-state index contributed by atoms with van der Waals surface area (Å²) in [6, 6.07) is 22.3. The summed E-state index contributed by atoms with van der Waals surface area (Å²) in [5.41, 5.74) is 15.4. The van der Waals surface area contributed by atoms with Gasteiger partial charge in [0.25, 0.3) is 0 Å². The lowest BCUT2D eigenvalue weighted by Crippen LogP contribution is -1.95. The zero-order valence-electron chi connectivity index (χ0n) is 18.8. The summed E-state index contributed by atoms with van der Waals surface area (Å²) < 4.78 is 2.31. The maximum atomic E-state index is 5.12. The number of aromatic nitrogens is 4. The smallest absolute Gasteiger partial charge is 0.148 e. The number of fused-ring (bicyclic) bond motifs is 15. The van der Waals surface area contributed by atoms with E-state index in [1.165, 1.54) is 55.4 Å². The van der Waals surface area contributed by atoms with E-state index in [0.717, 1.165) is 40.3 Å². The highest BCUT2D eigenvalue weighted by atomic mass is 15.0. The molecule has 9 rings (SSSR count).